The molecule has 0 aromatic heterocycles. The number of amides is 1. The summed E-state index contributed by atoms with van der Waals surface area (Å²) in [5.74, 6) is 0.124. The molecule has 1 aliphatic rings. The van der Waals surface area contributed by atoms with Crippen LogP contribution < -0.4 is 0 Å². The summed E-state index contributed by atoms with van der Waals surface area (Å²) in [6.45, 7) is 6.90. The van der Waals surface area contributed by atoms with Crippen molar-refractivity contribution in [2.24, 2.45) is 0 Å². The molecule has 4 heteroatoms. The molecule has 1 aliphatic carbocycles. The van der Waals surface area contributed by atoms with E-state index in [1.165, 1.54) is 6.42 Å². The highest BCUT2D eigenvalue weighted by molar-refractivity contribution is 9.09. The zero-order valence-electron chi connectivity index (χ0n) is 10.5. The van der Waals surface area contributed by atoms with Gasteiger partial charge in [-0.2, -0.15) is 0 Å². The van der Waals surface area contributed by atoms with Crippen molar-refractivity contribution in [2.45, 2.75) is 51.7 Å². The van der Waals surface area contributed by atoms with E-state index in [1.54, 1.807) is 0 Å². The molecule has 0 saturated heterocycles. The molecular weight excluding hydrogens is 270 g/mol. The van der Waals surface area contributed by atoms with Crippen LogP contribution in [-0.4, -0.2) is 40.9 Å². The third-order valence-electron chi connectivity index (χ3n) is 2.79. The fourth-order valence-corrected chi connectivity index (χ4v) is 2.04. The third-order valence-corrected chi connectivity index (χ3v) is 3.14. The van der Waals surface area contributed by atoms with Gasteiger partial charge in [-0.15, -0.1) is 0 Å². The second kappa shape index (κ2) is 6.01. The molecule has 0 atom stereocenters. The summed E-state index contributed by atoms with van der Waals surface area (Å²) in [4.78, 5) is 14.0. The van der Waals surface area contributed by atoms with E-state index in [9.17, 15) is 4.79 Å². The lowest BCUT2D eigenvalue weighted by Gasteiger charge is -2.37. The molecular formula is C12H22BrNO2. The van der Waals surface area contributed by atoms with Crippen LogP contribution in [0.15, 0.2) is 0 Å². The highest BCUT2D eigenvalue weighted by Crippen LogP contribution is 2.25. The molecule has 0 aromatic carbocycles. The second-order valence-electron chi connectivity index (χ2n) is 5.26. The molecule has 1 rings (SSSR count). The molecule has 0 spiro atoms. The van der Waals surface area contributed by atoms with E-state index >= 15 is 0 Å². The van der Waals surface area contributed by atoms with Crippen molar-refractivity contribution >= 4 is 21.8 Å². The number of carbonyl (C=O) groups excluding carboxylic acids is 1. The molecule has 0 aromatic rings. The van der Waals surface area contributed by atoms with Gasteiger partial charge in [-0.25, -0.2) is 0 Å². The van der Waals surface area contributed by atoms with Crippen molar-refractivity contribution in [3.05, 3.63) is 0 Å². The van der Waals surface area contributed by atoms with E-state index < -0.39 is 0 Å². The predicted octanol–water partition coefficient (Wildman–Crippen LogP) is 2.58. The highest BCUT2D eigenvalue weighted by Gasteiger charge is 2.28. The minimum Gasteiger partial charge on any atom is -0.366 e. The lowest BCUT2D eigenvalue weighted by atomic mass is 9.91. The molecule has 0 heterocycles. The van der Waals surface area contributed by atoms with E-state index in [2.05, 4.69) is 15.9 Å². The Morgan fingerprint density at radius 1 is 1.44 bits per heavy atom. The molecule has 0 aliphatic heterocycles. The molecule has 94 valence electrons. The Labute approximate surface area is 107 Å². The van der Waals surface area contributed by atoms with Crippen molar-refractivity contribution in [1.82, 2.24) is 4.90 Å². The molecule has 1 saturated carbocycles. The van der Waals surface area contributed by atoms with Gasteiger partial charge in [-0.1, -0.05) is 15.9 Å². The van der Waals surface area contributed by atoms with Gasteiger partial charge in [0.05, 0.1) is 5.60 Å². The van der Waals surface area contributed by atoms with Gasteiger partial charge in [0.25, 0.3) is 0 Å². The van der Waals surface area contributed by atoms with E-state index in [4.69, 9.17) is 4.74 Å². The summed E-state index contributed by atoms with van der Waals surface area (Å²) >= 11 is 3.40. The summed E-state index contributed by atoms with van der Waals surface area (Å²) in [5.41, 5.74) is -0.241. The molecule has 0 unspecified atom stereocenters. The van der Waals surface area contributed by atoms with Crippen molar-refractivity contribution in [3.8, 4) is 0 Å². The maximum absolute atomic E-state index is 12.0. The van der Waals surface area contributed by atoms with Crippen LogP contribution in [0.2, 0.25) is 0 Å². The van der Waals surface area contributed by atoms with Crippen LogP contribution in [0.25, 0.3) is 0 Å². The average Bonchev–Trinajstić information content (AvgIpc) is 2.09. The van der Waals surface area contributed by atoms with Gasteiger partial charge in [-0.05, 0) is 40.0 Å². The summed E-state index contributed by atoms with van der Waals surface area (Å²) < 4.78 is 5.53. The summed E-state index contributed by atoms with van der Waals surface area (Å²) in [7, 11) is 0. The lowest BCUT2D eigenvalue weighted by molar-refractivity contribution is -0.144. The minimum atomic E-state index is -0.241. The van der Waals surface area contributed by atoms with Crippen LogP contribution in [0.5, 0.6) is 0 Å². The van der Waals surface area contributed by atoms with Crippen molar-refractivity contribution in [2.75, 3.05) is 18.5 Å². The third kappa shape index (κ3) is 4.42. The second-order valence-corrected chi connectivity index (χ2v) is 6.05. The van der Waals surface area contributed by atoms with Crippen LogP contribution in [0.3, 0.4) is 0 Å². The van der Waals surface area contributed by atoms with E-state index in [-0.39, 0.29) is 18.1 Å². The molecule has 0 radical (unpaired) electrons. The fourth-order valence-electron chi connectivity index (χ4n) is 1.66. The number of halogens is 1. The smallest absolute Gasteiger partial charge is 0.248 e. The Balaban J connectivity index is 2.41. The SMILES string of the molecule is CC(C)(C)OCC(=O)N(CCBr)C1CCC1. The largest absolute Gasteiger partial charge is 0.366 e. The summed E-state index contributed by atoms with van der Waals surface area (Å²) in [5, 5.41) is 0.838. The number of carbonyl (C=O) groups is 1. The van der Waals surface area contributed by atoms with Crippen LogP contribution in [0.1, 0.15) is 40.0 Å². The van der Waals surface area contributed by atoms with Gasteiger partial charge in [0.1, 0.15) is 6.61 Å². The topological polar surface area (TPSA) is 29.5 Å². The van der Waals surface area contributed by atoms with Crippen LogP contribution in [-0.2, 0) is 9.53 Å². The normalized spacial score (nSPS) is 17.0. The number of hydrogen-bond acceptors (Lipinski definition) is 2. The van der Waals surface area contributed by atoms with Crippen molar-refractivity contribution in [3.63, 3.8) is 0 Å². The number of rotatable bonds is 5. The first kappa shape index (κ1) is 14.0. The van der Waals surface area contributed by atoms with E-state index in [1.807, 2.05) is 25.7 Å². The monoisotopic (exact) mass is 291 g/mol. The first-order valence-electron chi connectivity index (χ1n) is 5.93. The Morgan fingerprint density at radius 3 is 2.44 bits per heavy atom. The first-order valence-corrected chi connectivity index (χ1v) is 7.05. The number of ether oxygens (including phenoxy) is 1. The van der Waals surface area contributed by atoms with Crippen molar-refractivity contribution < 1.29 is 9.53 Å². The maximum Gasteiger partial charge on any atom is 0.248 e. The molecule has 1 amide bonds. The van der Waals surface area contributed by atoms with Gasteiger partial charge >= 0.3 is 0 Å². The molecule has 0 bridgehead atoms. The molecule has 16 heavy (non-hydrogen) atoms. The Hall–Kier alpha value is -0.0900. The predicted molar refractivity (Wildman–Crippen MR) is 68.9 cm³/mol. The Bertz CT molecular complexity index is 234. The average molecular weight is 292 g/mol. The number of nitrogens with zero attached hydrogens (tertiary/aromatic N) is 1. The van der Waals surface area contributed by atoms with E-state index in [0.29, 0.717) is 6.04 Å². The lowest BCUT2D eigenvalue weighted by Crippen LogP contribution is -2.47. The number of hydrogen-bond donors (Lipinski definition) is 0. The number of alkyl halides is 1. The highest BCUT2D eigenvalue weighted by atomic mass is 79.9. The fraction of sp³-hybridized carbons (Fsp3) is 0.917. The first-order chi connectivity index (χ1) is 7.44. The zero-order chi connectivity index (χ0) is 12.2. The Morgan fingerprint density at radius 2 is 2.06 bits per heavy atom. The molecule has 0 N–H and O–H groups in total. The summed E-state index contributed by atoms with van der Waals surface area (Å²) in [6, 6.07) is 0.452. The zero-order valence-corrected chi connectivity index (χ0v) is 12.0. The minimum absolute atomic E-state index is 0.124. The van der Waals surface area contributed by atoms with Crippen LogP contribution in [0, 0.1) is 0 Å². The quantitative estimate of drug-likeness (QED) is 0.729. The Kier molecular flexibility index (Phi) is 5.25. The van der Waals surface area contributed by atoms with Gasteiger partial charge in [0.15, 0.2) is 0 Å². The van der Waals surface area contributed by atoms with Gasteiger partial charge < -0.3 is 9.64 Å². The van der Waals surface area contributed by atoms with E-state index in [0.717, 1.165) is 24.7 Å². The van der Waals surface area contributed by atoms with Gasteiger partial charge in [0.2, 0.25) is 5.91 Å². The maximum atomic E-state index is 12.0. The molecule has 3 nitrogen and oxygen atoms in total. The van der Waals surface area contributed by atoms with Gasteiger partial charge in [0, 0.05) is 17.9 Å². The van der Waals surface area contributed by atoms with Crippen LogP contribution in [0.4, 0.5) is 0 Å². The van der Waals surface area contributed by atoms with Gasteiger partial charge in [-0.3, -0.25) is 4.79 Å². The molecule has 1 fully saturated rings. The van der Waals surface area contributed by atoms with Crippen LogP contribution >= 0.6 is 15.9 Å². The van der Waals surface area contributed by atoms with Crippen molar-refractivity contribution in [1.29, 1.82) is 0 Å². The summed E-state index contributed by atoms with van der Waals surface area (Å²) in [6.07, 6.45) is 3.54. The standard InChI is InChI=1S/C12H22BrNO2/c1-12(2,3)16-9-11(15)14(8-7-13)10-5-4-6-10/h10H,4-9H2,1-3H3.